The van der Waals surface area contributed by atoms with Gasteiger partial charge in [0.25, 0.3) is 0 Å². The first-order valence-corrected chi connectivity index (χ1v) is 15.7. The number of aliphatic imine (C=N–C) groups is 1. The van der Waals surface area contributed by atoms with Gasteiger partial charge in [0.1, 0.15) is 0 Å². The predicted octanol–water partition coefficient (Wildman–Crippen LogP) is 3.86. The number of benzene rings is 3. The van der Waals surface area contributed by atoms with Crippen LogP contribution in [0.25, 0.3) is 10.9 Å². The number of carbonyl (C=O) groups excluding carboxylic acids is 2. The van der Waals surface area contributed by atoms with E-state index in [9.17, 15) is 23.5 Å². The normalized spacial score (nSPS) is 14.8. The second-order valence-electron chi connectivity index (χ2n) is 10.6. The average molecular weight is 649 g/mol. The number of aromatic amines is 1. The molecule has 0 bridgehead atoms. The van der Waals surface area contributed by atoms with Crippen molar-refractivity contribution in [3.05, 3.63) is 89.5 Å². The molecule has 12 nitrogen and oxygen atoms in total. The first-order valence-electron chi connectivity index (χ1n) is 14.7. The highest BCUT2D eigenvalue weighted by Crippen LogP contribution is 2.32. The summed E-state index contributed by atoms with van der Waals surface area (Å²) in [6.07, 6.45) is 0. The van der Waals surface area contributed by atoms with Gasteiger partial charge in [-0.05, 0) is 50.4 Å². The van der Waals surface area contributed by atoms with Crippen LogP contribution in [0.2, 0.25) is 0 Å². The molecule has 46 heavy (non-hydrogen) atoms. The minimum Gasteiger partial charge on any atom is -0.750 e. The molecule has 2 heterocycles. The van der Waals surface area contributed by atoms with Crippen LogP contribution in [-0.4, -0.2) is 107 Å². The van der Waals surface area contributed by atoms with Gasteiger partial charge in [-0.2, -0.15) is 0 Å². The van der Waals surface area contributed by atoms with Gasteiger partial charge in [0.15, 0.2) is 5.88 Å². The molecule has 0 radical (unpaired) electrons. The Hall–Kier alpha value is -4.40. The quantitative estimate of drug-likeness (QED) is 0.157. The van der Waals surface area contributed by atoms with E-state index in [1.807, 2.05) is 54.6 Å². The molecule has 1 unspecified atom stereocenters. The monoisotopic (exact) mass is 648 g/mol. The molecule has 1 aliphatic rings. The molecule has 0 aliphatic carbocycles. The number of anilines is 1. The van der Waals surface area contributed by atoms with E-state index in [-0.39, 0.29) is 18.4 Å². The summed E-state index contributed by atoms with van der Waals surface area (Å²) in [7, 11) is 5.22. The number of amides is 1. The molecule has 2 N–H and O–H groups in total. The van der Waals surface area contributed by atoms with Gasteiger partial charge < -0.3 is 33.4 Å². The maximum Gasteiger partial charge on any atom is 0.337 e. The molecule has 1 atom stereocenters. The third-order valence-electron chi connectivity index (χ3n) is 7.50. The molecule has 1 aliphatic heterocycles. The summed E-state index contributed by atoms with van der Waals surface area (Å²) in [6.45, 7) is 5.91. The number of rotatable bonds is 9. The number of ether oxygens (including phenoxy) is 1. The minimum atomic E-state index is -2.32. The number of piperazine rings is 1. The lowest BCUT2D eigenvalue weighted by Crippen LogP contribution is -2.48. The molecule has 5 rings (SSSR count). The number of nitrogens with zero attached hydrogens (tertiary/aromatic N) is 4. The lowest BCUT2D eigenvalue weighted by molar-refractivity contribution is -0.119. The fourth-order valence-corrected chi connectivity index (χ4v) is 5.14. The van der Waals surface area contributed by atoms with Crippen LogP contribution in [0.3, 0.4) is 0 Å². The maximum absolute atomic E-state index is 12.9. The molecule has 1 aromatic heterocycles. The van der Waals surface area contributed by atoms with Gasteiger partial charge in [0.05, 0.1) is 54.1 Å². The standard InChI is InChI=1S/C31H33N5O4.C2H6O3S/c1-34-15-17-36(18-16-34)20-27(37)35(2)24-12-10-23(11-13-24)32-29(21-7-5-4-6-8-21)28-25-14-9-22(31(39)40-3)19-26(25)33-30(28)38;1-2-5-6(3)4/h4-14,19,33,38H,15-18,20H2,1-3H3;2H2,1H3,(H,3,4)/p-1. The zero-order chi connectivity index (χ0) is 33.2. The Kier molecular flexibility index (Phi) is 12.2. The minimum absolute atomic E-state index is 0.0424. The van der Waals surface area contributed by atoms with Crippen LogP contribution < -0.4 is 4.90 Å². The van der Waals surface area contributed by atoms with Crippen molar-refractivity contribution in [2.45, 2.75) is 6.92 Å². The van der Waals surface area contributed by atoms with Crippen molar-refractivity contribution in [3.63, 3.8) is 0 Å². The average Bonchev–Trinajstić information content (AvgIpc) is 3.39. The zero-order valence-corrected chi connectivity index (χ0v) is 27.1. The summed E-state index contributed by atoms with van der Waals surface area (Å²) < 4.78 is 27.5. The van der Waals surface area contributed by atoms with E-state index < -0.39 is 17.3 Å². The summed E-state index contributed by atoms with van der Waals surface area (Å²) in [6, 6.07) is 22.2. The highest BCUT2D eigenvalue weighted by Gasteiger charge is 2.21. The third-order valence-corrected chi connectivity index (χ3v) is 7.93. The van der Waals surface area contributed by atoms with Gasteiger partial charge in [0, 0.05) is 55.4 Å². The van der Waals surface area contributed by atoms with E-state index in [0.717, 1.165) is 42.8 Å². The van der Waals surface area contributed by atoms with E-state index in [1.165, 1.54) is 7.11 Å². The second kappa shape index (κ2) is 16.2. The number of aromatic hydroxyl groups is 1. The van der Waals surface area contributed by atoms with Crippen LogP contribution in [0.1, 0.15) is 28.4 Å². The van der Waals surface area contributed by atoms with Crippen LogP contribution in [0.5, 0.6) is 5.88 Å². The van der Waals surface area contributed by atoms with Crippen LogP contribution >= 0.6 is 0 Å². The fraction of sp³-hybridized carbons (Fsp3) is 0.303. The van der Waals surface area contributed by atoms with E-state index in [4.69, 9.17) is 9.73 Å². The molecule has 3 aromatic carbocycles. The number of fused-ring (bicyclic) bond motifs is 1. The van der Waals surface area contributed by atoms with Crippen molar-refractivity contribution in [2.75, 3.05) is 65.4 Å². The van der Waals surface area contributed by atoms with Gasteiger partial charge in [-0.1, -0.05) is 36.4 Å². The van der Waals surface area contributed by atoms with E-state index in [1.54, 1.807) is 37.1 Å². The van der Waals surface area contributed by atoms with E-state index >= 15 is 0 Å². The van der Waals surface area contributed by atoms with Crippen LogP contribution in [0, 0.1) is 0 Å². The van der Waals surface area contributed by atoms with Gasteiger partial charge in [-0.3, -0.25) is 9.69 Å². The second-order valence-corrected chi connectivity index (χ2v) is 11.2. The summed E-state index contributed by atoms with van der Waals surface area (Å²) in [5.41, 5.74) is 4.34. The number of esters is 1. The Morgan fingerprint density at radius 1 is 1.02 bits per heavy atom. The fourth-order valence-electron chi connectivity index (χ4n) is 4.95. The molecule has 1 saturated heterocycles. The van der Waals surface area contributed by atoms with Crippen molar-refractivity contribution < 1.29 is 32.4 Å². The van der Waals surface area contributed by atoms with E-state index in [2.05, 4.69) is 26.0 Å². The Morgan fingerprint density at radius 2 is 1.70 bits per heavy atom. The summed E-state index contributed by atoms with van der Waals surface area (Å²) in [4.78, 5) is 39.0. The largest absolute Gasteiger partial charge is 0.750 e. The summed E-state index contributed by atoms with van der Waals surface area (Å²) >= 11 is -2.32. The highest BCUT2D eigenvalue weighted by atomic mass is 32.2. The number of H-pyrrole nitrogens is 1. The van der Waals surface area contributed by atoms with Crippen LogP contribution in [-0.2, 0) is 25.1 Å². The number of nitrogens with one attached hydrogen (secondary N) is 1. The molecule has 1 fully saturated rings. The molecule has 13 heteroatoms. The number of hydrogen-bond donors (Lipinski definition) is 2. The highest BCUT2D eigenvalue weighted by molar-refractivity contribution is 7.74. The first-order chi connectivity index (χ1) is 22.1. The predicted molar refractivity (Wildman–Crippen MR) is 177 cm³/mol. The zero-order valence-electron chi connectivity index (χ0n) is 26.3. The van der Waals surface area contributed by atoms with Gasteiger partial charge >= 0.3 is 5.97 Å². The molecular formula is C33H38N5O7S-. The third kappa shape index (κ3) is 8.86. The van der Waals surface area contributed by atoms with Gasteiger partial charge in [-0.25, -0.2) is 14.0 Å². The Balaban J connectivity index is 0.000000731. The van der Waals surface area contributed by atoms with Gasteiger partial charge in [-0.15, -0.1) is 0 Å². The van der Waals surface area contributed by atoms with Crippen molar-refractivity contribution in [2.24, 2.45) is 4.99 Å². The Bertz CT molecular complexity index is 1680. The number of aromatic nitrogens is 1. The van der Waals surface area contributed by atoms with Crippen molar-refractivity contribution in [1.82, 2.24) is 14.8 Å². The Labute approximate surface area is 270 Å². The van der Waals surface area contributed by atoms with E-state index in [0.29, 0.717) is 34.6 Å². The molecule has 4 aromatic rings. The molecule has 0 saturated carbocycles. The van der Waals surface area contributed by atoms with Crippen LogP contribution in [0.4, 0.5) is 11.4 Å². The number of methoxy groups -OCH3 is 1. The van der Waals surface area contributed by atoms with Crippen molar-refractivity contribution in [1.29, 1.82) is 0 Å². The smallest absolute Gasteiger partial charge is 0.337 e. The van der Waals surface area contributed by atoms with Crippen molar-refractivity contribution in [3.8, 4) is 5.88 Å². The van der Waals surface area contributed by atoms with Gasteiger partial charge in [0.2, 0.25) is 5.91 Å². The maximum atomic E-state index is 12.9. The SMILES string of the molecule is CCOS(=O)[O-].COC(=O)c1ccc2c(C(=Nc3ccc(N(C)C(=O)CN4CCN(C)CC4)cc3)c3ccccc3)c(O)[nH]c2c1. The van der Waals surface area contributed by atoms with Crippen LogP contribution in [0.15, 0.2) is 77.8 Å². The molecule has 1 amide bonds. The lowest BCUT2D eigenvalue weighted by Gasteiger charge is -2.32. The molecule has 244 valence electrons. The molecular weight excluding hydrogens is 610 g/mol. The summed E-state index contributed by atoms with van der Waals surface area (Å²) in [5, 5.41) is 11.7. The Morgan fingerprint density at radius 3 is 2.28 bits per heavy atom. The molecule has 0 spiro atoms. The number of carbonyl (C=O) groups is 2. The number of hydrogen-bond acceptors (Lipinski definition) is 10. The first kappa shape index (κ1) is 34.5. The van der Waals surface area contributed by atoms with Crippen molar-refractivity contribution >= 4 is 51.2 Å². The topological polar surface area (TPSA) is 151 Å². The lowest BCUT2D eigenvalue weighted by atomic mass is 10.00. The number of likely N-dealkylation sites (N-methyl/N-ethyl adjacent to an activating group) is 2. The summed E-state index contributed by atoms with van der Waals surface area (Å²) in [5.74, 6) is -0.465.